The van der Waals surface area contributed by atoms with Gasteiger partial charge in [0.05, 0.1) is 0 Å². The molecule has 0 aliphatic heterocycles. The van der Waals surface area contributed by atoms with Crippen molar-refractivity contribution in [2.45, 2.75) is 76.4 Å². The van der Waals surface area contributed by atoms with Gasteiger partial charge in [-0.05, 0) is 0 Å². The molecule has 0 amide bonds. The molecule has 0 atom stereocenters. The van der Waals surface area contributed by atoms with Gasteiger partial charge in [-0.15, -0.1) is 0 Å². The van der Waals surface area contributed by atoms with Gasteiger partial charge < -0.3 is 18.9 Å². The Kier molecular flexibility index (Phi) is 18.9. The molecule has 0 aromatic carbocycles. The Balaban J connectivity index is -0.000000333. The molecule has 0 spiro atoms. The molecule has 0 saturated heterocycles. The Morgan fingerprint density at radius 2 is 0.696 bits per heavy atom. The van der Waals surface area contributed by atoms with Gasteiger partial charge in [0.2, 0.25) is 0 Å². The number of rotatable bonds is 8. The van der Waals surface area contributed by atoms with Gasteiger partial charge in [0.25, 0.3) is 0 Å². The molecular formula is C12H28O4P2S4Zn. The summed E-state index contributed by atoms with van der Waals surface area (Å²) in [5, 5.41) is 0.628. The second kappa shape index (κ2) is 14.5. The number of hydrogen-bond donors (Lipinski definition) is 0. The molecule has 0 bridgehead atoms. The summed E-state index contributed by atoms with van der Waals surface area (Å²) < 4.78 is 22.4. The van der Waals surface area contributed by atoms with Crippen molar-refractivity contribution in [2.75, 3.05) is 0 Å². The predicted octanol–water partition coefficient (Wildman–Crippen LogP) is 5.47. The third-order valence-electron chi connectivity index (χ3n) is 1.36. The van der Waals surface area contributed by atoms with E-state index in [0.29, 0.717) is 0 Å². The van der Waals surface area contributed by atoms with Gasteiger partial charge in [0.1, 0.15) is 11.5 Å². The molecule has 0 N–H and O–H groups in total. The zero-order chi connectivity index (χ0) is 18.1. The van der Waals surface area contributed by atoms with Crippen LogP contribution in [0.2, 0.25) is 0 Å². The zero-order valence-corrected chi connectivity index (χ0v) is 23.2. The van der Waals surface area contributed by atoms with E-state index in [1.165, 1.54) is 0 Å². The van der Waals surface area contributed by atoms with E-state index < -0.39 is 11.5 Å². The van der Waals surface area contributed by atoms with E-state index >= 15 is 0 Å². The topological polar surface area (TPSA) is 80.3 Å². The molecule has 0 aliphatic rings. The maximum absolute atomic E-state index is 11.2. The third kappa shape index (κ3) is 24.4. The van der Waals surface area contributed by atoms with Crippen molar-refractivity contribution < 1.29 is 38.4 Å². The van der Waals surface area contributed by atoms with Crippen molar-refractivity contribution >= 4 is 57.1 Å². The fourth-order valence-corrected chi connectivity index (χ4v) is 16.8. The largest absolute Gasteiger partial charge is 2.00 e. The maximum atomic E-state index is 11.2. The van der Waals surface area contributed by atoms with E-state index in [9.17, 15) is 18.9 Å². The van der Waals surface area contributed by atoms with Crippen LogP contribution in [0.5, 0.6) is 0 Å². The summed E-state index contributed by atoms with van der Waals surface area (Å²) in [6.07, 6.45) is 0. The molecule has 0 aromatic rings. The van der Waals surface area contributed by atoms with E-state index in [1.807, 2.05) is 55.4 Å². The van der Waals surface area contributed by atoms with E-state index in [4.69, 9.17) is 0 Å². The van der Waals surface area contributed by atoms with E-state index in [0.717, 1.165) is 45.5 Å². The average Bonchev–Trinajstić information content (AvgIpc) is 2.06. The first-order valence-electron chi connectivity index (χ1n) is 7.02. The average molecular weight is 492 g/mol. The summed E-state index contributed by atoms with van der Waals surface area (Å²) in [4.78, 5) is 22.4. The van der Waals surface area contributed by atoms with E-state index in [2.05, 4.69) is 0 Å². The quantitative estimate of drug-likeness (QED) is 0.326. The van der Waals surface area contributed by atoms with Crippen molar-refractivity contribution in [2.24, 2.45) is 0 Å². The first kappa shape index (κ1) is 30.1. The third-order valence-corrected chi connectivity index (χ3v) is 15.3. The molecule has 0 aromatic heterocycles. The Hall–Kier alpha value is 2.40. The van der Waals surface area contributed by atoms with Crippen LogP contribution in [0, 0.1) is 0 Å². The molecule has 0 fully saturated rings. The van der Waals surface area contributed by atoms with Crippen LogP contribution in [0.3, 0.4) is 0 Å². The van der Waals surface area contributed by atoms with Crippen molar-refractivity contribution in [3.8, 4) is 0 Å². The molecule has 0 aliphatic carbocycles. The predicted molar refractivity (Wildman–Crippen MR) is 106 cm³/mol. The van der Waals surface area contributed by atoms with Crippen molar-refractivity contribution in [1.82, 2.24) is 0 Å². The number of hydrogen-bond acceptors (Lipinski definition) is 8. The van der Waals surface area contributed by atoms with Gasteiger partial charge in [-0.3, -0.25) is 0 Å². The van der Waals surface area contributed by atoms with Crippen molar-refractivity contribution in [1.29, 1.82) is 0 Å². The maximum Gasteiger partial charge on any atom is 2.00 e. The molecule has 0 radical (unpaired) electrons. The summed E-state index contributed by atoms with van der Waals surface area (Å²) >= 11 is 4.19. The van der Waals surface area contributed by atoms with Crippen LogP contribution < -0.4 is 9.79 Å². The van der Waals surface area contributed by atoms with Crippen LogP contribution in [0.15, 0.2) is 0 Å². The van der Waals surface area contributed by atoms with Gasteiger partial charge >= 0.3 is 19.5 Å². The summed E-state index contributed by atoms with van der Waals surface area (Å²) in [5.41, 5.74) is 0. The first-order chi connectivity index (χ1) is 9.67. The van der Waals surface area contributed by atoms with Crippen LogP contribution in [0.25, 0.3) is 0 Å². The van der Waals surface area contributed by atoms with Gasteiger partial charge in [-0.25, -0.2) is 0 Å². The Morgan fingerprint density at radius 3 is 0.783 bits per heavy atom. The second-order valence-electron chi connectivity index (χ2n) is 5.51. The van der Waals surface area contributed by atoms with E-state index in [-0.39, 0.29) is 40.5 Å². The minimum atomic E-state index is -3.22. The molecule has 136 valence electrons. The SMILES string of the molecule is CC(C)SP(=O)([O-])SC(C)C.CC(C)SP(=O)([O-])SC(C)C.[Zn+2]. The fourth-order valence-electron chi connectivity index (χ4n) is 1.08. The molecule has 0 rings (SSSR count). The minimum absolute atomic E-state index is 0. The monoisotopic (exact) mass is 490 g/mol. The molecule has 0 saturated carbocycles. The molecule has 23 heavy (non-hydrogen) atoms. The second-order valence-corrected chi connectivity index (χ2v) is 21.6. The molecule has 4 nitrogen and oxygen atoms in total. The summed E-state index contributed by atoms with van der Waals surface area (Å²) in [6.45, 7) is 15.1. The Bertz CT molecular complexity index is 331. The normalized spacial score (nSPS) is 12.4. The summed E-state index contributed by atoms with van der Waals surface area (Å²) in [6, 6.07) is 0. The Morgan fingerprint density at radius 1 is 0.565 bits per heavy atom. The fraction of sp³-hybridized carbons (Fsp3) is 1.00. The van der Waals surface area contributed by atoms with Crippen LogP contribution in [-0.4, -0.2) is 21.0 Å². The van der Waals surface area contributed by atoms with Crippen LogP contribution in [-0.2, 0) is 28.6 Å². The van der Waals surface area contributed by atoms with Gasteiger partial charge in [0.15, 0.2) is 0 Å². The zero-order valence-electron chi connectivity index (χ0n) is 15.2. The van der Waals surface area contributed by atoms with E-state index in [1.54, 1.807) is 0 Å². The van der Waals surface area contributed by atoms with Crippen LogP contribution >= 0.6 is 57.1 Å². The Labute approximate surface area is 170 Å². The minimum Gasteiger partial charge on any atom is -0.784 e. The summed E-state index contributed by atoms with van der Waals surface area (Å²) in [7, 11) is 0. The van der Waals surface area contributed by atoms with Crippen LogP contribution in [0.4, 0.5) is 0 Å². The first-order valence-corrected chi connectivity index (χ1v) is 16.2. The van der Waals surface area contributed by atoms with Crippen LogP contribution in [0.1, 0.15) is 55.4 Å². The van der Waals surface area contributed by atoms with Crippen molar-refractivity contribution in [3.05, 3.63) is 0 Å². The smallest absolute Gasteiger partial charge is 0.784 e. The molecule has 0 unspecified atom stereocenters. The molecule has 11 heteroatoms. The van der Waals surface area contributed by atoms with Gasteiger partial charge in [0, 0.05) is 21.0 Å². The van der Waals surface area contributed by atoms with Gasteiger partial charge in [-0.2, -0.15) is 0 Å². The van der Waals surface area contributed by atoms with Crippen molar-refractivity contribution in [3.63, 3.8) is 0 Å². The van der Waals surface area contributed by atoms with Gasteiger partial charge in [-0.1, -0.05) is 101 Å². The summed E-state index contributed by atoms with van der Waals surface area (Å²) in [5.74, 6) is -6.44. The standard InChI is InChI=1S/2C6H15O2PS2.Zn/c2*1-5(2)10-9(7,8)11-6(3)4;/h2*5-6H,1-4H3,(H,7,8);/q;;+2/p-2. The molecule has 0 heterocycles. The molecular weight excluding hydrogens is 464 g/mol.